The first-order valence-electron chi connectivity index (χ1n) is 4.66. The Morgan fingerprint density at radius 1 is 1.60 bits per heavy atom. The zero-order valence-electron chi connectivity index (χ0n) is 8.09. The molecule has 0 aliphatic carbocycles. The van der Waals surface area contributed by atoms with Gasteiger partial charge < -0.3 is 14.8 Å². The Kier molecular flexibility index (Phi) is 3.49. The van der Waals surface area contributed by atoms with E-state index >= 15 is 0 Å². The van der Waals surface area contributed by atoms with Crippen molar-refractivity contribution < 1.29 is 9.52 Å². The fourth-order valence-corrected chi connectivity index (χ4v) is 1.81. The first kappa shape index (κ1) is 10.4. The second kappa shape index (κ2) is 5.06. The van der Waals surface area contributed by atoms with Crippen LogP contribution in [-0.4, -0.2) is 16.6 Å². The minimum Gasteiger partial charge on any atom is -0.467 e. The van der Waals surface area contributed by atoms with Crippen LogP contribution in [0.3, 0.4) is 0 Å². The molecule has 0 radical (unpaired) electrons. The lowest BCUT2D eigenvalue weighted by molar-refractivity contribution is 0.147. The summed E-state index contributed by atoms with van der Waals surface area (Å²) < 4.78 is 5.08. The number of nitrogens with one attached hydrogen (secondary N) is 1. The van der Waals surface area contributed by atoms with E-state index in [0.717, 1.165) is 11.4 Å². The summed E-state index contributed by atoms with van der Waals surface area (Å²) >= 11 is 1.59. The van der Waals surface area contributed by atoms with Gasteiger partial charge in [-0.2, -0.15) is 0 Å². The van der Waals surface area contributed by atoms with Gasteiger partial charge in [0.15, 0.2) is 0 Å². The summed E-state index contributed by atoms with van der Waals surface area (Å²) in [4.78, 5) is 5.12. The van der Waals surface area contributed by atoms with Gasteiger partial charge in [0.2, 0.25) is 0 Å². The van der Waals surface area contributed by atoms with Crippen LogP contribution in [0.25, 0.3) is 0 Å². The Labute approximate surface area is 91.6 Å². The van der Waals surface area contributed by atoms with Crippen molar-refractivity contribution in [3.05, 3.63) is 40.7 Å². The van der Waals surface area contributed by atoms with E-state index in [0.29, 0.717) is 12.3 Å². The molecule has 0 saturated carbocycles. The van der Waals surface area contributed by atoms with Crippen LogP contribution in [0.15, 0.2) is 34.5 Å². The van der Waals surface area contributed by atoms with Gasteiger partial charge in [-0.3, -0.25) is 4.98 Å². The maximum absolute atomic E-state index is 9.67. The molecule has 0 saturated heterocycles. The molecule has 0 fully saturated rings. The average molecular weight is 224 g/mol. The predicted molar refractivity (Wildman–Crippen MR) is 57.5 cm³/mol. The highest BCUT2D eigenvalue weighted by Crippen LogP contribution is 2.12. The minimum atomic E-state index is -0.590. The van der Waals surface area contributed by atoms with Gasteiger partial charge in [0.1, 0.15) is 11.9 Å². The van der Waals surface area contributed by atoms with E-state index < -0.39 is 6.10 Å². The number of nitrogens with zero attached hydrogens (tertiary/aromatic N) is 1. The van der Waals surface area contributed by atoms with Gasteiger partial charge in [-0.1, -0.05) is 0 Å². The number of aromatic nitrogens is 1. The number of aliphatic hydroxyl groups excluding tert-OH is 1. The highest BCUT2D eigenvalue weighted by molar-refractivity contribution is 7.09. The fourth-order valence-electron chi connectivity index (χ4n) is 1.24. The largest absolute Gasteiger partial charge is 0.467 e. The van der Waals surface area contributed by atoms with Crippen LogP contribution in [0.2, 0.25) is 0 Å². The number of rotatable bonds is 5. The lowest BCUT2D eigenvalue weighted by Gasteiger charge is -2.07. The van der Waals surface area contributed by atoms with E-state index in [1.54, 1.807) is 35.2 Å². The van der Waals surface area contributed by atoms with Crippen LogP contribution in [0.5, 0.6) is 0 Å². The molecule has 0 bridgehead atoms. The highest BCUT2D eigenvalue weighted by atomic mass is 32.1. The first-order chi connectivity index (χ1) is 7.36. The maximum Gasteiger partial charge on any atom is 0.133 e. The summed E-state index contributed by atoms with van der Waals surface area (Å²) in [5.74, 6) is 0.590. The molecular formula is C10H12N2O2S. The Balaban J connectivity index is 1.74. The summed E-state index contributed by atoms with van der Waals surface area (Å²) in [6, 6.07) is 3.53. The van der Waals surface area contributed by atoms with E-state index in [9.17, 15) is 5.11 Å². The third-order valence-corrected chi connectivity index (χ3v) is 2.77. The lowest BCUT2D eigenvalue weighted by atomic mass is 10.3. The van der Waals surface area contributed by atoms with Crippen molar-refractivity contribution in [1.29, 1.82) is 0 Å². The van der Waals surface area contributed by atoms with Gasteiger partial charge in [0.25, 0.3) is 0 Å². The zero-order valence-corrected chi connectivity index (χ0v) is 8.91. The van der Waals surface area contributed by atoms with Crippen LogP contribution in [-0.2, 0) is 6.54 Å². The Bertz CT molecular complexity index is 372. The first-order valence-corrected chi connectivity index (χ1v) is 5.54. The van der Waals surface area contributed by atoms with Crippen molar-refractivity contribution >= 4 is 11.3 Å². The number of furan rings is 1. The minimum absolute atomic E-state index is 0.478. The zero-order chi connectivity index (χ0) is 10.5. The van der Waals surface area contributed by atoms with E-state index in [4.69, 9.17) is 4.42 Å². The van der Waals surface area contributed by atoms with Crippen LogP contribution >= 0.6 is 11.3 Å². The highest BCUT2D eigenvalue weighted by Gasteiger charge is 2.09. The second-order valence-corrected chi connectivity index (χ2v) is 4.10. The topological polar surface area (TPSA) is 58.3 Å². The summed E-state index contributed by atoms with van der Waals surface area (Å²) in [6.07, 6.45) is 2.78. The van der Waals surface area contributed by atoms with Gasteiger partial charge >= 0.3 is 0 Å². The molecule has 1 atom stereocenters. The number of hydrogen-bond donors (Lipinski definition) is 2. The third-order valence-electron chi connectivity index (χ3n) is 1.99. The van der Waals surface area contributed by atoms with Gasteiger partial charge in [-0.25, -0.2) is 0 Å². The molecule has 2 aromatic rings. The third kappa shape index (κ3) is 2.89. The van der Waals surface area contributed by atoms with Crippen LogP contribution in [0, 0.1) is 0 Å². The SMILES string of the molecule is OC(CNCc1cncs1)c1ccco1. The molecule has 5 heteroatoms. The van der Waals surface area contributed by atoms with Crippen molar-refractivity contribution in [2.45, 2.75) is 12.6 Å². The molecule has 2 heterocycles. The normalized spacial score (nSPS) is 12.9. The quantitative estimate of drug-likeness (QED) is 0.809. The van der Waals surface area contributed by atoms with Crippen molar-refractivity contribution in [3.63, 3.8) is 0 Å². The average Bonchev–Trinajstić information content (AvgIpc) is 2.90. The standard InChI is InChI=1S/C10H12N2O2S/c13-9(10-2-1-3-14-10)6-11-4-8-5-12-7-15-8/h1-3,5,7,9,11,13H,4,6H2. The summed E-state index contributed by atoms with van der Waals surface area (Å²) in [6.45, 7) is 1.20. The predicted octanol–water partition coefficient (Wildman–Crippen LogP) is 1.56. The molecule has 0 aliphatic heterocycles. The van der Waals surface area contributed by atoms with Crippen molar-refractivity contribution in [2.24, 2.45) is 0 Å². The van der Waals surface area contributed by atoms with Gasteiger partial charge in [0.05, 0.1) is 11.8 Å². The Morgan fingerprint density at radius 2 is 2.53 bits per heavy atom. The van der Waals surface area contributed by atoms with Crippen LogP contribution < -0.4 is 5.32 Å². The molecule has 1 unspecified atom stereocenters. The molecule has 2 aromatic heterocycles. The summed E-state index contributed by atoms with van der Waals surface area (Å²) in [5.41, 5.74) is 1.79. The van der Waals surface area contributed by atoms with Crippen molar-refractivity contribution in [1.82, 2.24) is 10.3 Å². The lowest BCUT2D eigenvalue weighted by Crippen LogP contribution is -2.20. The van der Waals surface area contributed by atoms with E-state index in [-0.39, 0.29) is 0 Å². The summed E-state index contributed by atoms with van der Waals surface area (Å²) in [5, 5.41) is 12.8. The number of aliphatic hydroxyl groups is 1. The van der Waals surface area contributed by atoms with Crippen molar-refractivity contribution in [2.75, 3.05) is 6.54 Å². The molecular weight excluding hydrogens is 212 g/mol. The van der Waals surface area contributed by atoms with Crippen LogP contribution in [0.4, 0.5) is 0 Å². The van der Waals surface area contributed by atoms with E-state index in [2.05, 4.69) is 10.3 Å². The summed E-state index contributed by atoms with van der Waals surface area (Å²) in [7, 11) is 0. The second-order valence-electron chi connectivity index (χ2n) is 3.13. The maximum atomic E-state index is 9.67. The molecule has 4 nitrogen and oxygen atoms in total. The Hall–Kier alpha value is -1.17. The molecule has 0 amide bonds. The van der Waals surface area contributed by atoms with Gasteiger partial charge in [-0.15, -0.1) is 11.3 Å². The van der Waals surface area contributed by atoms with E-state index in [1.165, 1.54) is 0 Å². The molecule has 2 rings (SSSR count). The molecule has 0 spiro atoms. The van der Waals surface area contributed by atoms with Gasteiger partial charge in [0, 0.05) is 24.2 Å². The smallest absolute Gasteiger partial charge is 0.133 e. The molecule has 0 aromatic carbocycles. The Morgan fingerprint density at radius 3 is 3.20 bits per heavy atom. The molecule has 2 N–H and O–H groups in total. The number of hydrogen-bond acceptors (Lipinski definition) is 5. The van der Waals surface area contributed by atoms with Crippen molar-refractivity contribution in [3.8, 4) is 0 Å². The number of thiazole rings is 1. The monoisotopic (exact) mass is 224 g/mol. The van der Waals surface area contributed by atoms with E-state index in [1.807, 2.05) is 6.20 Å². The van der Waals surface area contributed by atoms with Gasteiger partial charge in [-0.05, 0) is 12.1 Å². The molecule has 0 aliphatic rings. The molecule has 15 heavy (non-hydrogen) atoms. The van der Waals surface area contributed by atoms with Crippen LogP contribution in [0.1, 0.15) is 16.7 Å². The fraction of sp³-hybridized carbons (Fsp3) is 0.300. The molecule has 80 valence electrons.